The zero-order valence-corrected chi connectivity index (χ0v) is 14.4. The molecule has 0 spiro atoms. The van der Waals surface area contributed by atoms with Crippen molar-refractivity contribution in [1.29, 1.82) is 0 Å². The van der Waals surface area contributed by atoms with Crippen molar-refractivity contribution in [2.45, 2.75) is 10.4 Å². The van der Waals surface area contributed by atoms with Crippen LogP contribution in [0.2, 0.25) is 0 Å². The number of H-pyrrole nitrogens is 1. The van der Waals surface area contributed by atoms with Gasteiger partial charge in [-0.1, -0.05) is 48.2 Å². The second-order valence-corrected chi connectivity index (χ2v) is 7.11. The van der Waals surface area contributed by atoms with Crippen LogP contribution in [0.3, 0.4) is 0 Å². The van der Waals surface area contributed by atoms with Gasteiger partial charge in [0.1, 0.15) is 5.25 Å². The Morgan fingerprint density at radius 2 is 2.00 bits per heavy atom. The molecule has 2 aromatic heterocycles. The number of nitrogens with one attached hydrogen (secondary N) is 1. The smallest absolute Gasteiger partial charge is 0.240 e. The van der Waals surface area contributed by atoms with Crippen LogP contribution in [0, 0.1) is 0 Å². The number of carbonyl (C=O) groups is 1. The molecule has 2 heterocycles. The Morgan fingerprint density at radius 1 is 1.22 bits per heavy atom. The molecule has 0 aliphatic rings. The first-order valence-electron chi connectivity index (χ1n) is 7.04. The van der Waals surface area contributed by atoms with Gasteiger partial charge < -0.3 is 4.90 Å². The summed E-state index contributed by atoms with van der Waals surface area (Å²) in [7, 11) is 3.52. The minimum Gasteiger partial charge on any atom is -0.348 e. The molecule has 0 saturated carbocycles. The summed E-state index contributed by atoms with van der Waals surface area (Å²) in [6.45, 7) is 0. The number of thiophene rings is 1. The second kappa shape index (κ2) is 6.97. The summed E-state index contributed by atoms with van der Waals surface area (Å²) in [5.74, 6) is 0.746. The van der Waals surface area contributed by atoms with Crippen LogP contribution in [0.4, 0.5) is 0 Å². The van der Waals surface area contributed by atoms with Crippen LogP contribution in [-0.2, 0) is 4.79 Å². The Bertz CT molecular complexity index is 769. The van der Waals surface area contributed by atoms with E-state index in [2.05, 4.69) is 15.2 Å². The van der Waals surface area contributed by atoms with Crippen molar-refractivity contribution in [3.05, 3.63) is 53.4 Å². The summed E-state index contributed by atoms with van der Waals surface area (Å²) >= 11 is 2.95. The number of amides is 1. The molecule has 5 nitrogen and oxygen atoms in total. The van der Waals surface area contributed by atoms with Gasteiger partial charge in [-0.15, -0.1) is 16.4 Å². The highest BCUT2D eigenvalue weighted by molar-refractivity contribution is 8.00. The van der Waals surface area contributed by atoms with Crippen LogP contribution in [0.5, 0.6) is 0 Å². The molecule has 7 heteroatoms. The zero-order valence-electron chi connectivity index (χ0n) is 12.8. The van der Waals surface area contributed by atoms with Gasteiger partial charge in [-0.05, 0) is 17.0 Å². The number of nitrogens with zero attached hydrogens (tertiary/aromatic N) is 3. The number of hydrogen-bond donors (Lipinski definition) is 1. The fourth-order valence-corrected chi connectivity index (χ4v) is 3.77. The SMILES string of the molecule is CN(C)C(=O)C(Sc1n[nH]c(-c2cccs2)n1)c1ccccc1. The van der Waals surface area contributed by atoms with Gasteiger partial charge in [-0.25, -0.2) is 4.98 Å². The fourth-order valence-electron chi connectivity index (χ4n) is 2.05. The molecule has 0 aliphatic carbocycles. The van der Waals surface area contributed by atoms with E-state index in [4.69, 9.17) is 0 Å². The van der Waals surface area contributed by atoms with Gasteiger partial charge >= 0.3 is 0 Å². The van der Waals surface area contributed by atoms with E-state index in [0.717, 1.165) is 16.3 Å². The van der Waals surface area contributed by atoms with Crippen LogP contribution >= 0.6 is 23.1 Å². The maximum atomic E-state index is 12.5. The average molecular weight is 344 g/mol. The maximum absolute atomic E-state index is 12.5. The van der Waals surface area contributed by atoms with E-state index in [1.807, 2.05) is 47.8 Å². The maximum Gasteiger partial charge on any atom is 0.240 e. The van der Waals surface area contributed by atoms with Crippen molar-refractivity contribution in [1.82, 2.24) is 20.1 Å². The van der Waals surface area contributed by atoms with E-state index in [0.29, 0.717) is 5.16 Å². The van der Waals surface area contributed by atoms with Crippen molar-refractivity contribution < 1.29 is 4.79 Å². The van der Waals surface area contributed by atoms with Crippen molar-refractivity contribution in [2.75, 3.05) is 14.1 Å². The third-order valence-electron chi connectivity index (χ3n) is 3.21. The largest absolute Gasteiger partial charge is 0.348 e. The first-order chi connectivity index (χ1) is 11.1. The molecule has 0 saturated heterocycles. The fraction of sp³-hybridized carbons (Fsp3) is 0.188. The highest BCUT2D eigenvalue weighted by Crippen LogP contribution is 2.35. The number of likely N-dealkylation sites (N-methyl/N-ethyl adjacent to an activating group) is 1. The molecular weight excluding hydrogens is 328 g/mol. The molecule has 0 bridgehead atoms. The van der Waals surface area contributed by atoms with E-state index < -0.39 is 0 Å². The van der Waals surface area contributed by atoms with Gasteiger partial charge in [-0.2, -0.15) is 0 Å². The number of aromatic nitrogens is 3. The zero-order chi connectivity index (χ0) is 16.2. The lowest BCUT2D eigenvalue weighted by atomic mass is 10.1. The summed E-state index contributed by atoms with van der Waals surface area (Å²) in [5, 5.41) is 9.38. The lowest BCUT2D eigenvalue weighted by Gasteiger charge is -2.19. The molecule has 0 aliphatic heterocycles. The lowest BCUT2D eigenvalue weighted by Crippen LogP contribution is -2.26. The van der Waals surface area contributed by atoms with Gasteiger partial charge in [0.15, 0.2) is 5.82 Å². The van der Waals surface area contributed by atoms with Gasteiger partial charge in [0, 0.05) is 14.1 Å². The number of carbonyl (C=O) groups excluding carboxylic acids is 1. The van der Waals surface area contributed by atoms with Crippen LogP contribution < -0.4 is 0 Å². The van der Waals surface area contributed by atoms with E-state index in [1.54, 1.807) is 30.3 Å². The van der Waals surface area contributed by atoms with Crippen molar-refractivity contribution in [3.63, 3.8) is 0 Å². The summed E-state index contributed by atoms with van der Waals surface area (Å²) in [4.78, 5) is 19.6. The normalized spacial score (nSPS) is 12.1. The molecule has 1 N–H and O–H groups in total. The molecule has 1 aromatic carbocycles. The molecule has 0 radical (unpaired) electrons. The van der Waals surface area contributed by atoms with E-state index in [9.17, 15) is 4.79 Å². The van der Waals surface area contributed by atoms with Crippen molar-refractivity contribution >= 4 is 29.0 Å². The van der Waals surface area contributed by atoms with Crippen LogP contribution in [0.25, 0.3) is 10.7 Å². The molecule has 3 rings (SSSR count). The molecule has 23 heavy (non-hydrogen) atoms. The molecule has 118 valence electrons. The van der Waals surface area contributed by atoms with E-state index in [1.165, 1.54) is 11.8 Å². The Kier molecular flexibility index (Phi) is 4.78. The third-order valence-corrected chi connectivity index (χ3v) is 5.19. The van der Waals surface area contributed by atoms with E-state index >= 15 is 0 Å². The summed E-state index contributed by atoms with van der Waals surface area (Å²) < 4.78 is 0. The molecule has 0 fully saturated rings. The number of rotatable bonds is 5. The summed E-state index contributed by atoms with van der Waals surface area (Å²) in [6, 6.07) is 13.7. The Morgan fingerprint density at radius 3 is 2.65 bits per heavy atom. The standard InChI is InChI=1S/C16H16N4OS2/c1-20(2)15(21)13(11-7-4-3-5-8-11)23-16-17-14(18-19-16)12-9-6-10-22-12/h3-10,13H,1-2H3,(H,17,18,19). The second-order valence-electron chi connectivity index (χ2n) is 5.09. The highest BCUT2D eigenvalue weighted by Gasteiger charge is 2.25. The third kappa shape index (κ3) is 3.62. The van der Waals surface area contributed by atoms with Gasteiger partial charge in [0.05, 0.1) is 4.88 Å². The molecular formula is C16H16N4OS2. The van der Waals surface area contributed by atoms with Crippen LogP contribution in [0.15, 0.2) is 53.0 Å². The molecule has 1 amide bonds. The monoisotopic (exact) mass is 344 g/mol. The first-order valence-corrected chi connectivity index (χ1v) is 8.80. The molecule has 3 aromatic rings. The average Bonchev–Trinajstić information content (AvgIpc) is 3.24. The van der Waals surface area contributed by atoms with Gasteiger partial charge in [0.25, 0.3) is 0 Å². The molecule has 1 unspecified atom stereocenters. The topological polar surface area (TPSA) is 61.9 Å². The Labute approximate surface area is 142 Å². The van der Waals surface area contributed by atoms with Crippen molar-refractivity contribution in [3.8, 4) is 10.7 Å². The quantitative estimate of drug-likeness (QED) is 0.720. The van der Waals surface area contributed by atoms with Crippen molar-refractivity contribution in [2.24, 2.45) is 0 Å². The number of aromatic amines is 1. The van der Waals surface area contributed by atoms with Crippen LogP contribution in [0.1, 0.15) is 10.8 Å². The predicted molar refractivity (Wildman–Crippen MR) is 93.4 cm³/mol. The van der Waals surface area contributed by atoms with Crippen LogP contribution in [-0.4, -0.2) is 40.1 Å². The Hall–Kier alpha value is -2.12. The van der Waals surface area contributed by atoms with Gasteiger partial charge in [-0.3, -0.25) is 9.89 Å². The summed E-state index contributed by atoms with van der Waals surface area (Å²) in [5.41, 5.74) is 0.943. The Balaban J connectivity index is 1.86. The van der Waals surface area contributed by atoms with Gasteiger partial charge in [0.2, 0.25) is 11.1 Å². The minimum atomic E-state index is -0.363. The lowest BCUT2D eigenvalue weighted by molar-refractivity contribution is -0.128. The number of hydrogen-bond acceptors (Lipinski definition) is 5. The number of benzene rings is 1. The molecule has 1 atom stereocenters. The predicted octanol–water partition coefficient (Wildman–Crippen LogP) is 3.45. The number of thioether (sulfide) groups is 1. The summed E-state index contributed by atoms with van der Waals surface area (Å²) in [6.07, 6.45) is 0. The van der Waals surface area contributed by atoms with E-state index in [-0.39, 0.29) is 11.2 Å². The minimum absolute atomic E-state index is 0.0173. The highest BCUT2D eigenvalue weighted by atomic mass is 32.2. The first kappa shape index (κ1) is 15.8.